The molecule has 2 amide bonds. The van der Waals surface area contributed by atoms with E-state index in [0.717, 1.165) is 41.0 Å². The van der Waals surface area contributed by atoms with Gasteiger partial charge in [-0.05, 0) is 35.6 Å². The van der Waals surface area contributed by atoms with E-state index in [9.17, 15) is 9.59 Å². The smallest absolute Gasteiger partial charge is 0.254 e. The minimum absolute atomic E-state index is 0.115. The van der Waals surface area contributed by atoms with E-state index in [1.54, 1.807) is 23.5 Å². The van der Waals surface area contributed by atoms with Gasteiger partial charge in [0.2, 0.25) is 5.91 Å². The molecule has 9 heteroatoms. The number of hydrogen-bond acceptors (Lipinski definition) is 6. The third kappa shape index (κ3) is 3.37. The Kier molecular flexibility index (Phi) is 4.75. The zero-order valence-corrected chi connectivity index (χ0v) is 18.7. The minimum Gasteiger partial charge on any atom is -0.348 e. The molecule has 4 aromatic rings. The van der Waals surface area contributed by atoms with Crippen molar-refractivity contribution in [2.45, 2.75) is 25.3 Å². The Morgan fingerprint density at radius 1 is 1.09 bits per heavy atom. The molecule has 1 fully saturated rings. The molecule has 0 aliphatic carbocycles. The van der Waals surface area contributed by atoms with E-state index >= 15 is 0 Å². The molecule has 0 radical (unpaired) electrons. The summed E-state index contributed by atoms with van der Waals surface area (Å²) in [5, 5.41) is 6.25. The monoisotopic (exact) mass is 453 g/mol. The van der Waals surface area contributed by atoms with Crippen molar-refractivity contribution in [2.75, 3.05) is 18.9 Å². The lowest BCUT2D eigenvalue weighted by atomic mass is 9.90. The predicted molar refractivity (Wildman–Crippen MR) is 127 cm³/mol. The summed E-state index contributed by atoms with van der Waals surface area (Å²) < 4.78 is 1.96. The van der Waals surface area contributed by atoms with Gasteiger partial charge < -0.3 is 15.5 Å². The Hall–Kier alpha value is -4.27. The molecular formula is C25H23N7O2. The quantitative estimate of drug-likeness (QED) is 0.492. The maximum absolute atomic E-state index is 12.7. The molecule has 3 aromatic heterocycles. The van der Waals surface area contributed by atoms with E-state index in [0.29, 0.717) is 30.0 Å². The zero-order chi connectivity index (χ0) is 23.2. The van der Waals surface area contributed by atoms with Crippen molar-refractivity contribution in [3.05, 3.63) is 71.9 Å². The number of fused-ring (bicyclic) bond motifs is 2. The Labute approximate surface area is 195 Å². The molecule has 2 aliphatic rings. The maximum Gasteiger partial charge on any atom is 0.254 e. The van der Waals surface area contributed by atoms with Crippen molar-refractivity contribution >= 4 is 29.0 Å². The van der Waals surface area contributed by atoms with E-state index in [1.807, 2.05) is 48.1 Å². The van der Waals surface area contributed by atoms with Crippen molar-refractivity contribution < 1.29 is 9.59 Å². The van der Waals surface area contributed by atoms with E-state index in [2.05, 4.69) is 25.6 Å². The van der Waals surface area contributed by atoms with Crippen LogP contribution >= 0.6 is 0 Å². The van der Waals surface area contributed by atoms with Gasteiger partial charge in [-0.25, -0.2) is 9.97 Å². The highest BCUT2D eigenvalue weighted by Gasteiger charge is 2.28. The van der Waals surface area contributed by atoms with Gasteiger partial charge in [0, 0.05) is 50.7 Å². The van der Waals surface area contributed by atoms with Crippen LogP contribution in [-0.2, 0) is 11.3 Å². The standard InChI is InChI=1S/C25H23N7O2/c1-31-8-6-15(10-23(31)33)16-2-5-21(27-11-16)30-19-4-3-17(18-12-29-25(34)24(18)19)20-13-28-22-14-26-7-9-32(20)22/h2-5,7,9,11,13-15H,6,8,10,12H2,1H3,(H,27,30)(H,29,34). The second-order valence-corrected chi connectivity index (χ2v) is 8.75. The first kappa shape index (κ1) is 20.3. The number of benzene rings is 1. The number of pyridine rings is 1. The third-order valence-electron chi connectivity index (χ3n) is 6.74. The summed E-state index contributed by atoms with van der Waals surface area (Å²) in [5.41, 5.74) is 5.93. The minimum atomic E-state index is -0.115. The molecule has 2 N–H and O–H groups in total. The van der Waals surface area contributed by atoms with Crippen LogP contribution in [0.5, 0.6) is 0 Å². The van der Waals surface area contributed by atoms with Crippen LogP contribution in [0.4, 0.5) is 11.5 Å². The van der Waals surface area contributed by atoms with Gasteiger partial charge in [-0.2, -0.15) is 0 Å². The van der Waals surface area contributed by atoms with Gasteiger partial charge in [0.1, 0.15) is 5.82 Å². The first-order valence-corrected chi connectivity index (χ1v) is 11.3. The van der Waals surface area contributed by atoms with Crippen LogP contribution in [0.2, 0.25) is 0 Å². The Morgan fingerprint density at radius 2 is 2.00 bits per heavy atom. The van der Waals surface area contributed by atoms with Crippen LogP contribution in [-0.4, -0.2) is 49.7 Å². The highest BCUT2D eigenvalue weighted by Crippen LogP contribution is 2.35. The number of rotatable bonds is 4. The third-order valence-corrected chi connectivity index (χ3v) is 6.74. The number of carbonyl (C=O) groups excluding carboxylic acids is 2. The normalized spacial score (nSPS) is 17.7. The molecule has 1 unspecified atom stereocenters. The number of imidazole rings is 1. The maximum atomic E-state index is 12.7. The number of hydrogen-bond donors (Lipinski definition) is 2. The number of anilines is 2. The summed E-state index contributed by atoms with van der Waals surface area (Å²) in [6.07, 6.45) is 10.4. The summed E-state index contributed by atoms with van der Waals surface area (Å²) in [5.74, 6) is 0.900. The van der Waals surface area contributed by atoms with E-state index in [1.165, 1.54) is 0 Å². The van der Waals surface area contributed by atoms with Crippen molar-refractivity contribution in [3.8, 4) is 11.3 Å². The molecule has 6 rings (SSSR count). The van der Waals surface area contributed by atoms with Gasteiger partial charge in [-0.1, -0.05) is 12.1 Å². The summed E-state index contributed by atoms with van der Waals surface area (Å²) in [7, 11) is 1.84. The first-order chi connectivity index (χ1) is 16.6. The van der Waals surface area contributed by atoms with Gasteiger partial charge in [0.05, 0.1) is 29.3 Å². The number of nitrogens with zero attached hydrogens (tertiary/aromatic N) is 5. The molecule has 0 spiro atoms. The molecule has 1 aromatic carbocycles. The molecule has 34 heavy (non-hydrogen) atoms. The van der Waals surface area contributed by atoms with E-state index in [4.69, 9.17) is 0 Å². The number of nitrogens with one attached hydrogen (secondary N) is 2. The SMILES string of the molecule is CN1CCC(c2ccc(Nc3ccc(-c4cnc5cnccn45)c4c3C(=O)NC4)nc2)CC1=O. The molecule has 170 valence electrons. The topological polar surface area (TPSA) is 105 Å². The molecular weight excluding hydrogens is 430 g/mol. The van der Waals surface area contributed by atoms with Crippen LogP contribution in [0.3, 0.4) is 0 Å². The van der Waals surface area contributed by atoms with Crippen molar-refractivity contribution in [1.29, 1.82) is 0 Å². The zero-order valence-electron chi connectivity index (χ0n) is 18.7. The molecule has 5 heterocycles. The van der Waals surface area contributed by atoms with Crippen LogP contribution in [0.15, 0.2) is 55.2 Å². The molecule has 0 saturated carbocycles. The fraction of sp³-hybridized carbons (Fsp3) is 0.240. The van der Waals surface area contributed by atoms with Crippen molar-refractivity contribution in [3.63, 3.8) is 0 Å². The fourth-order valence-electron chi connectivity index (χ4n) is 4.82. The summed E-state index contributed by atoms with van der Waals surface area (Å²) >= 11 is 0. The number of amides is 2. The molecule has 1 saturated heterocycles. The first-order valence-electron chi connectivity index (χ1n) is 11.3. The van der Waals surface area contributed by atoms with Crippen molar-refractivity contribution in [2.24, 2.45) is 0 Å². The fourth-order valence-corrected chi connectivity index (χ4v) is 4.82. The lowest BCUT2D eigenvalue weighted by molar-refractivity contribution is -0.132. The van der Waals surface area contributed by atoms with Gasteiger partial charge in [0.25, 0.3) is 5.91 Å². The largest absolute Gasteiger partial charge is 0.348 e. The average molecular weight is 454 g/mol. The molecule has 2 aliphatic heterocycles. The van der Waals surface area contributed by atoms with E-state index in [-0.39, 0.29) is 17.7 Å². The number of carbonyl (C=O) groups is 2. The van der Waals surface area contributed by atoms with Crippen LogP contribution < -0.4 is 10.6 Å². The van der Waals surface area contributed by atoms with Crippen molar-refractivity contribution in [1.82, 2.24) is 29.6 Å². The highest BCUT2D eigenvalue weighted by molar-refractivity contribution is 6.06. The lowest BCUT2D eigenvalue weighted by Gasteiger charge is -2.28. The molecule has 9 nitrogen and oxygen atoms in total. The van der Waals surface area contributed by atoms with Gasteiger partial charge in [-0.15, -0.1) is 0 Å². The number of piperidine rings is 1. The predicted octanol–water partition coefficient (Wildman–Crippen LogP) is 3.11. The van der Waals surface area contributed by atoms with Gasteiger partial charge >= 0.3 is 0 Å². The summed E-state index contributed by atoms with van der Waals surface area (Å²) in [6.45, 7) is 1.22. The second kappa shape index (κ2) is 7.95. The van der Waals surface area contributed by atoms with Gasteiger partial charge in [0.15, 0.2) is 5.65 Å². The Balaban J connectivity index is 1.30. The molecule has 1 atom stereocenters. The molecule has 0 bridgehead atoms. The number of aromatic nitrogens is 4. The summed E-state index contributed by atoms with van der Waals surface area (Å²) in [6, 6.07) is 7.83. The Morgan fingerprint density at radius 3 is 2.82 bits per heavy atom. The van der Waals surface area contributed by atoms with Crippen LogP contribution in [0.25, 0.3) is 16.9 Å². The average Bonchev–Trinajstić information content (AvgIpc) is 3.46. The van der Waals surface area contributed by atoms with Gasteiger partial charge in [-0.3, -0.25) is 19.0 Å². The van der Waals surface area contributed by atoms with Crippen LogP contribution in [0, 0.1) is 0 Å². The Bertz CT molecular complexity index is 1430. The van der Waals surface area contributed by atoms with E-state index < -0.39 is 0 Å². The highest BCUT2D eigenvalue weighted by atomic mass is 16.2. The number of likely N-dealkylation sites (tertiary alicyclic amines) is 1. The summed E-state index contributed by atoms with van der Waals surface area (Å²) in [4.78, 5) is 39.7. The second-order valence-electron chi connectivity index (χ2n) is 8.75. The van der Waals surface area contributed by atoms with Crippen LogP contribution in [0.1, 0.15) is 40.2 Å². The lowest BCUT2D eigenvalue weighted by Crippen LogP contribution is -2.34.